The first-order valence-electron chi connectivity index (χ1n) is 7.64. The van der Waals surface area contributed by atoms with Gasteiger partial charge in [0.1, 0.15) is 5.75 Å². The number of amides is 1. The van der Waals surface area contributed by atoms with Crippen LogP contribution in [0, 0.1) is 13.8 Å². The molecule has 116 valence electrons. The molecule has 0 saturated heterocycles. The Bertz CT molecular complexity index is 664. The monoisotopic (exact) mass is 297 g/mol. The molecule has 0 radical (unpaired) electrons. The van der Waals surface area contributed by atoms with Crippen LogP contribution >= 0.6 is 0 Å². The summed E-state index contributed by atoms with van der Waals surface area (Å²) in [6.45, 7) is 7.92. The zero-order valence-electron chi connectivity index (χ0n) is 13.6. The number of para-hydroxylation sites is 1. The average Bonchev–Trinajstić information content (AvgIpc) is 2.51. The van der Waals surface area contributed by atoms with Gasteiger partial charge in [-0.3, -0.25) is 4.79 Å². The Morgan fingerprint density at radius 2 is 1.86 bits per heavy atom. The smallest absolute Gasteiger partial charge is 0.265 e. The minimum atomic E-state index is -0.549. The van der Waals surface area contributed by atoms with E-state index in [2.05, 4.69) is 19.2 Å². The Balaban J connectivity index is 2.04. The first kappa shape index (κ1) is 16.1. The summed E-state index contributed by atoms with van der Waals surface area (Å²) in [5.41, 5.74) is 4.34. The third-order valence-corrected chi connectivity index (χ3v) is 3.82. The summed E-state index contributed by atoms with van der Waals surface area (Å²) in [7, 11) is 0. The van der Waals surface area contributed by atoms with Gasteiger partial charge in [-0.15, -0.1) is 0 Å². The van der Waals surface area contributed by atoms with Crippen molar-refractivity contribution in [3.8, 4) is 5.75 Å². The molecule has 2 aromatic carbocycles. The SMILES string of the molecule is CCc1ccccc1NC(=O)[C@H](C)Oc1ccc(C)c(C)c1. The van der Waals surface area contributed by atoms with Gasteiger partial charge in [-0.25, -0.2) is 0 Å². The fourth-order valence-electron chi connectivity index (χ4n) is 2.23. The van der Waals surface area contributed by atoms with Gasteiger partial charge in [0, 0.05) is 5.69 Å². The van der Waals surface area contributed by atoms with E-state index in [0.29, 0.717) is 0 Å². The molecule has 22 heavy (non-hydrogen) atoms. The number of ether oxygens (including phenoxy) is 1. The van der Waals surface area contributed by atoms with Crippen molar-refractivity contribution in [1.29, 1.82) is 0 Å². The van der Waals surface area contributed by atoms with E-state index in [-0.39, 0.29) is 5.91 Å². The number of aryl methyl sites for hydroxylation is 3. The number of anilines is 1. The molecule has 2 aromatic rings. The predicted molar refractivity (Wildman–Crippen MR) is 90.5 cm³/mol. The van der Waals surface area contributed by atoms with Crippen molar-refractivity contribution < 1.29 is 9.53 Å². The fourth-order valence-corrected chi connectivity index (χ4v) is 2.23. The molecule has 0 bridgehead atoms. The van der Waals surface area contributed by atoms with Crippen LogP contribution in [-0.4, -0.2) is 12.0 Å². The molecule has 0 aliphatic heterocycles. The molecule has 0 aromatic heterocycles. The molecule has 0 aliphatic carbocycles. The summed E-state index contributed by atoms with van der Waals surface area (Å²) in [4.78, 5) is 12.3. The zero-order valence-corrected chi connectivity index (χ0v) is 13.6. The van der Waals surface area contributed by atoms with Crippen LogP contribution in [0.4, 0.5) is 5.69 Å². The highest BCUT2D eigenvalue weighted by Gasteiger charge is 2.16. The molecule has 1 N–H and O–H groups in total. The summed E-state index contributed by atoms with van der Waals surface area (Å²) in [5, 5.41) is 2.94. The van der Waals surface area contributed by atoms with Crippen LogP contribution in [0.2, 0.25) is 0 Å². The minimum absolute atomic E-state index is 0.140. The topological polar surface area (TPSA) is 38.3 Å². The summed E-state index contributed by atoms with van der Waals surface area (Å²) in [5.74, 6) is 0.577. The van der Waals surface area contributed by atoms with Crippen molar-refractivity contribution in [2.45, 2.75) is 40.2 Å². The van der Waals surface area contributed by atoms with Gasteiger partial charge in [0.05, 0.1) is 0 Å². The van der Waals surface area contributed by atoms with Crippen LogP contribution in [0.1, 0.15) is 30.5 Å². The van der Waals surface area contributed by atoms with Crippen LogP contribution < -0.4 is 10.1 Å². The van der Waals surface area contributed by atoms with Crippen LogP contribution in [0.5, 0.6) is 5.75 Å². The highest BCUT2D eigenvalue weighted by Crippen LogP contribution is 2.19. The molecule has 0 aliphatic rings. The van der Waals surface area contributed by atoms with Gasteiger partial charge in [0.15, 0.2) is 6.10 Å². The Labute approximate surface area is 132 Å². The minimum Gasteiger partial charge on any atom is -0.481 e. The van der Waals surface area contributed by atoms with Crippen molar-refractivity contribution in [2.75, 3.05) is 5.32 Å². The second kappa shape index (κ2) is 7.12. The van der Waals surface area contributed by atoms with Crippen LogP contribution in [0.3, 0.4) is 0 Å². The van der Waals surface area contributed by atoms with Gasteiger partial charge in [-0.2, -0.15) is 0 Å². The molecule has 0 saturated carbocycles. The maximum absolute atomic E-state index is 12.3. The third kappa shape index (κ3) is 3.88. The molecule has 0 fully saturated rings. The van der Waals surface area contributed by atoms with Crippen LogP contribution in [0.15, 0.2) is 42.5 Å². The van der Waals surface area contributed by atoms with E-state index < -0.39 is 6.10 Å². The lowest BCUT2D eigenvalue weighted by molar-refractivity contribution is -0.122. The Kier molecular flexibility index (Phi) is 5.21. The summed E-state index contributed by atoms with van der Waals surface area (Å²) in [6, 6.07) is 13.7. The van der Waals surface area contributed by atoms with Gasteiger partial charge < -0.3 is 10.1 Å². The maximum atomic E-state index is 12.3. The molecule has 0 unspecified atom stereocenters. The summed E-state index contributed by atoms with van der Waals surface area (Å²) < 4.78 is 5.75. The Hall–Kier alpha value is -2.29. The standard InChI is InChI=1S/C19H23NO2/c1-5-16-8-6-7-9-18(16)20-19(21)15(4)22-17-11-10-13(2)14(3)12-17/h6-12,15H,5H2,1-4H3,(H,20,21)/t15-/m0/s1. The molecule has 2 rings (SSSR count). The zero-order chi connectivity index (χ0) is 16.1. The van der Waals surface area contributed by atoms with E-state index >= 15 is 0 Å². The molecule has 0 heterocycles. The average molecular weight is 297 g/mol. The largest absolute Gasteiger partial charge is 0.481 e. The summed E-state index contributed by atoms with van der Waals surface area (Å²) >= 11 is 0. The van der Waals surface area contributed by atoms with Crippen molar-refractivity contribution in [3.63, 3.8) is 0 Å². The Morgan fingerprint density at radius 1 is 1.14 bits per heavy atom. The quantitative estimate of drug-likeness (QED) is 0.895. The van der Waals surface area contributed by atoms with Gasteiger partial charge in [0.2, 0.25) is 0 Å². The first-order valence-corrected chi connectivity index (χ1v) is 7.64. The fraction of sp³-hybridized carbons (Fsp3) is 0.316. The first-order chi connectivity index (χ1) is 10.5. The third-order valence-electron chi connectivity index (χ3n) is 3.82. The second-order valence-corrected chi connectivity index (χ2v) is 5.51. The van der Waals surface area contributed by atoms with E-state index in [4.69, 9.17) is 4.74 Å². The number of hydrogen-bond acceptors (Lipinski definition) is 2. The number of rotatable bonds is 5. The van der Waals surface area contributed by atoms with Crippen molar-refractivity contribution in [3.05, 3.63) is 59.2 Å². The van der Waals surface area contributed by atoms with Gasteiger partial charge >= 0.3 is 0 Å². The highest BCUT2D eigenvalue weighted by molar-refractivity contribution is 5.94. The molecule has 3 nitrogen and oxygen atoms in total. The lowest BCUT2D eigenvalue weighted by Gasteiger charge is -2.17. The van der Waals surface area contributed by atoms with Gasteiger partial charge in [-0.1, -0.05) is 31.2 Å². The highest BCUT2D eigenvalue weighted by atomic mass is 16.5. The number of hydrogen-bond donors (Lipinski definition) is 1. The predicted octanol–water partition coefficient (Wildman–Crippen LogP) is 4.27. The van der Waals surface area contributed by atoms with E-state index in [1.54, 1.807) is 6.92 Å². The van der Waals surface area contributed by atoms with Crippen molar-refractivity contribution in [2.24, 2.45) is 0 Å². The molecular weight excluding hydrogens is 274 g/mol. The molecule has 0 spiro atoms. The second-order valence-electron chi connectivity index (χ2n) is 5.51. The normalized spacial score (nSPS) is 11.8. The number of nitrogens with one attached hydrogen (secondary N) is 1. The van der Waals surface area contributed by atoms with E-state index in [0.717, 1.165) is 29.0 Å². The molecular formula is C19H23NO2. The van der Waals surface area contributed by atoms with Crippen molar-refractivity contribution in [1.82, 2.24) is 0 Å². The van der Waals surface area contributed by atoms with Gasteiger partial charge in [0.25, 0.3) is 5.91 Å². The van der Waals surface area contributed by atoms with E-state index in [1.807, 2.05) is 49.4 Å². The lowest BCUT2D eigenvalue weighted by Crippen LogP contribution is -2.30. The number of carbonyl (C=O) groups excluding carboxylic acids is 1. The molecule has 1 atom stereocenters. The van der Waals surface area contributed by atoms with Crippen LogP contribution in [0.25, 0.3) is 0 Å². The lowest BCUT2D eigenvalue weighted by atomic mass is 10.1. The van der Waals surface area contributed by atoms with E-state index in [9.17, 15) is 4.79 Å². The maximum Gasteiger partial charge on any atom is 0.265 e. The Morgan fingerprint density at radius 3 is 2.55 bits per heavy atom. The van der Waals surface area contributed by atoms with Gasteiger partial charge in [-0.05, 0) is 62.1 Å². The molecule has 3 heteroatoms. The number of carbonyl (C=O) groups is 1. The van der Waals surface area contributed by atoms with E-state index in [1.165, 1.54) is 5.56 Å². The summed E-state index contributed by atoms with van der Waals surface area (Å²) in [6.07, 6.45) is 0.329. The number of benzene rings is 2. The van der Waals surface area contributed by atoms with Crippen LogP contribution in [-0.2, 0) is 11.2 Å². The molecule has 1 amide bonds. The van der Waals surface area contributed by atoms with Crippen molar-refractivity contribution >= 4 is 11.6 Å².